The molecular weight excluding hydrogens is 328 g/mol. The van der Waals surface area contributed by atoms with Crippen molar-refractivity contribution in [2.45, 2.75) is 25.6 Å². The Morgan fingerprint density at radius 3 is 2.62 bits per heavy atom. The first-order valence-corrected chi connectivity index (χ1v) is 8.58. The van der Waals surface area contributed by atoms with Crippen LogP contribution < -0.4 is 0 Å². The van der Waals surface area contributed by atoms with Gasteiger partial charge in [-0.2, -0.15) is 0 Å². The summed E-state index contributed by atoms with van der Waals surface area (Å²) in [4.78, 5) is 19.3. The van der Waals surface area contributed by atoms with E-state index in [4.69, 9.17) is 21.1 Å². The molecule has 5 nitrogen and oxygen atoms in total. The Bertz CT molecular complexity index is 792. The van der Waals surface area contributed by atoms with Gasteiger partial charge >= 0.3 is 0 Å². The van der Waals surface area contributed by atoms with Crippen molar-refractivity contribution >= 4 is 28.4 Å². The number of benzene rings is 1. The Hall–Kier alpha value is -1.69. The van der Waals surface area contributed by atoms with Crippen LogP contribution in [0, 0.1) is 6.92 Å². The maximum atomic E-state index is 12.9. The SMILES string of the molecule is Cc1nc2ccc(Cl)cc2cc1C(=O)N1CCC2(CC1)OCCO2. The number of hydrogen-bond acceptors (Lipinski definition) is 4. The fourth-order valence-corrected chi connectivity index (χ4v) is 3.65. The van der Waals surface area contributed by atoms with E-state index in [0.717, 1.165) is 16.6 Å². The summed E-state index contributed by atoms with van der Waals surface area (Å²) in [6.45, 7) is 4.42. The molecule has 0 atom stereocenters. The molecule has 2 fully saturated rings. The monoisotopic (exact) mass is 346 g/mol. The molecule has 4 rings (SSSR count). The predicted octanol–water partition coefficient (Wildman–Crippen LogP) is 3.18. The second kappa shape index (κ2) is 5.99. The van der Waals surface area contributed by atoms with Crippen molar-refractivity contribution in [1.82, 2.24) is 9.88 Å². The Kier molecular flexibility index (Phi) is 3.95. The number of aromatic nitrogens is 1. The van der Waals surface area contributed by atoms with Crippen LogP contribution in [0.2, 0.25) is 5.02 Å². The fraction of sp³-hybridized carbons (Fsp3) is 0.444. The van der Waals surface area contributed by atoms with Gasteiger partial charge in [-0.1, -0.05) is 11.6 Å². The van der Waals surface area contributed by atoms with Gasteiger partial charge in [0.1, 0.15) is 0 Å². The quantitative estimate of drug-likeness (QED) is 0.795. The first kappa shape index (κ1) is 15.8. The third-order valence-electron chi connectivity index (χ3n) is 4.82. The molecule has 24 heavy (non-hydrogen) atoms. The zero-order valence-electron chi connectivity index (χ0n) is 13.5. The van der Waals surface area contributed by atoms with Gasteiger partial charge in [0.25, 0.3) is 5.91 Å². The highest BCUT2D eigenvalue weighted by Gasteiger charge is 2.41. The van der Waals surface area contributed by atoms with Gasteiger partial charge in [0.15, 0.2) is 5.79 Å². The van der Waals surface area contributed by atoms with Crippen LogP contribution in [-0.2, 0) is 9.47 Å². The highest BCUT2D eigenvalue weighted by molar-refractivity contribution is 6.31. The van der Waals surface area contributed by atoms with E-state index >= 15 is 0 Å². The van der Waals surface area contributed by atoms with Gasteiger partial charge < -0.3 is 14.4 Å². The number of halogens is 1. The lowest BCUT2D eigenvalue weighted by molar-refractivity contribution is -0.181. The van der Waals surface area contributed by atoms with Gasteiger partial charge in [-0.3, -0.25) is 9.78 Å². The number of fused-ring (bicyclic) bond motifs is 1. The van der Waals surface area contributed by atoms with Crippen molar-refractivity contribution in [2.75, 3.05) is 26.3 Å². The van der Waals surface area contributed by atoms with Crippen molar-refractivity contribution in [3.8, 4) is 0 Å². The number of carbonyl (C=O) groups excluding carboxylic acids is 1. The molecule has 1 amide bonds. The molecule has 6 heteroatoms. The van der Waals surface area contributed by atoms with Gasteiger partial charge in [0, 0.05) is 36.3 Å². The topological polar surface area (TPSA) is 51.7 Å². The molecule has 0 radical (unpaired) electrons. The number of aryl methyl sites for hydroxylation is 1. The molecule has 126 valence electrons. The highest BCUT2D eigenvalue weighted by atomic mass is 35.5. The molecule has 1 aromatic carbocycles. The Labute approximate surface area is 145 Å². The van der Waals surface area contributed by atoms with E-state index in [1.807, 2.05) is 36.1 Å². The lowest BCUT2D eigenvalue weighted by Crippen LogP contribution is -2.47. The van der Waals surface area contributed by atoms with E-state index in [1.165, 1.54) is 0 Å². The third-order valence-corrected chi connectivity index (χ3v) is 5.06. The molecule has 0 saturated carbocycles. The van der Waals surface area contributed by atoms with Crippen LogP contribution in [0.1, 0.15) is 28.9 Å². The molecule has 0 bridgehead atoms. The standard InChI is InChI=1S/C18H19ClN2O3/c1-12-15(11-13-10-14(19)2-3-16(13)20-12)17(22)21-6-4-18(5-7-21)23-8-9-24-18/h2-3,10-11H,4-9H2,1H3. The lowest BCUT2D eigenvalue weighted by Gasteiger charge is -2.37. The summed E-state index contributed by atoms with van der Waals surface area (Å²) in [5.41, 5.74) is 2.22. The maximum Gasteiger partial charge on any atom is 0.255 e. The summed E-state index contributed by atoms with van der Waals surface area (Å²) in [7, 11) is 0. The Morgan fingerprint density at radius 2 is 1.92 bits per heavy atom. The molecular formula is C18H19ClN2O3. The van der Waals surface area contributed by atoms with E-state index in [-0.39, 0.29) is 5.91 Å². The van der Waals surface area contributed by atoms with Crippen molar-refractivity contribution in [2.24, 2.45) is 0 Å². The maximum absolute atomic E-state index is 12.9. The molecule has 0 unspecified atom stereocenters. The molecule has 0 N–H and O–H groups in total. The summed E-state index contributed by atoms with van der Waals surface area (Å²) in [6, 6.07) is 7.41. The number of piperidine rings is 1. The average molecular weight is 347 g/mol. The van der Waals surface area contributed by atoms with Crippen LogP contribution in [0.3, 0.4) is 0 Å². The van der Waals surface area contributed by atoms with Gasteiger partial charge in [-0.05, 0) is 31.2 Å². The fourth-order valence-electron chi connectivity index (χ4n) is 3.47. The first-order chi connectivity index (χ1) is 11.6. The summed E-state index contributed by atoms with van der Waals surface area (Å²) < 4.78 is 11.4. The second-order valence-corrected chi connectivity index (χ2v) is 6.79. The summed E-state index contributed by atoms with van der Waals surface area (Å²) >= 11 is 6.06. The molecule has 0 aliphatic carbocycles. The molecule has 1 spiro atoms. The number of nitrogens with zero attached hydrogens (tertiary/aromatic N) is 2. The largest absolute Gasteiger partial charge is 0.347 e. The zero-order valence-corrected chi connectivity index (χ0v) is 14.3. The van der Waals surface area contributed by atoms with Gasteiger partial charge in [-0.15, -0.1) is 0 Å². The molecule has 1 aromatic heterocycles. The van der Waals surface area contributed by atoms with Crippen LogP contribution in [0.4, 0.5) is 0 Å². The second-order valence-electron chi connectivity index (χ2n) is 6.36. The smallest absolute Gasteiger partial charge is 0.255 e. The highest BCUT2D eigenvalue weighted by Crippen LogP contribution is 2.32. The molecule has 2 aromatic rings. The lowest BCUT2D eigenvalue weighted by atomic mass is 10.0. The van der Waals surface area contributed by atoms with Crippen molar-refractivity contribution < 1.29 is 14.3 Å². The third kappa shape index (κ3) is 2.77. The van der Waals surface area contributed by atoms with Gasteiger partial charge in [-0.25, -0.2) is 0 Å². The summed E-state index contributed by atoms with van der Waals surface area (Å²) in [5.74, 6) is -0.462. The summed E-state index contributed by atoms with van der Waals surface area (Å²) in [6.07, 6.45) is 1.43. The number of pyridine rings is 1. The van der Waals surface area contributed by atoms with Crippen molar-refractivity contribution in [3.05, 3.63) is 40.5 Å². The molecule has 2 aliphatic heterocycles. The van der Waals surface area contributed by atoms with Crippen molar-refractivity contribution in [3.63, 3.8) is 0 Å². The van der Waals surface area contributed by atoms with Crippen LogP contribution >= 0.6 is 11.6 Å². The van der Waals surface area contributed by atoms with Crippen molar-refractivity contribution in [1.29, 1.82) is 0 Å². The van der Waals surface area contributed by atoms with E-state index in [9.17, 15) is 4.79 Å². The minimum absolute atomic E-state index is 0.00900. The Morgan fingerprint density at radius 1 is 1.21 bits per heavy atom. The van der Waals surface area contributed by atoms with Gasteiger partial charge in [0.2, 0.25) is 0 Å². The molecule has 3 heterocycles. The van der Waals surface area contributed by atoms with E-state index in [1.54, 1.807) is 0 Å². The molecule has 2 saturated heterocycles. The van der Waals surface area contributed by atoms with Crippen LogP contribution in [0.15, 0.2) is 24.3 Å². The minimum Gasteiger partial charge on any atom is -0.347 e. The number of ether oxygens (including phenoxy) is 2. The van der Waals surface area contributed by atoms with Crippen LogP contribution in [-0.4, -0.2) is 47.9 Å². The van der Waals surface area contributed by atoms with E-state index in [0.29, 0.717) is 49.7 Å². The van der Waals surface area contributed by atoms with E-state index < -0.39 is 5.79 Å². The van der Waals surface area contributed by atoms with Crippen LogP contribution in [0.5, 0.6) is 0 Å². The Balaban J connectivity index is 1.58. The first-order valence-electron chi connectivity index (χ1n) is 8.20. The number of amides is 1. The predicted molar refractivity (Wildman–Crippen MR) is 91.3 cm³/mol. The zero-order chi connectivity index (χ0) is 16.7. The number of likely N-dealkylation sites (tertiary alicyclic amines) is 1. The number of rotatable bonds is 1. The summed E-state index contributed by atoms with van der Waals surface area (Å²) in [5, 5.41) is 1.52. The van der Waals surface area contributed by atoms with Gasteiger partial charge in [0.05, 0.1) is 30.0 Å². The normalized spacial score (nSPS) is 20.0. The average Bonchev–Trinajstić information content (AvgIpc) is 3.03. The van der Waals surface area contributed by atoms with E-state index in [2.05, 4.69) is 4.98 Å². The number of hydrogen-bond donors (Lipinski definition) is 0. The van der Waals surface area contributed by atoms with Crippen LogP contribution in [0.25, 0.3) is 10.9 Å². The minimum atomic E-state index is -0.471. The molecule has 2 aliphatic rings. The number of carbonyl (C=O) groups is 1.